The van der Waals surface area contributed by atoms with Gasteiger partial charge in [-0.3, -0.25) is 4.79 Å². The minimum atomic E-state index is -0.513. The first kappa shape index (κ1) is 15.1. The first-order chi connectivity index (χ1) is 10.5. The Morgan fingerprint density at radius 1 is 1.32 bits per heavy atom. The van der Waals surface area contributed by atoms with Crippen molar-refractivity contribution in [1.82, 2.24) is 5.16 Å². The number of benzene rings is 1. The van der Waals surface area contributed by atoms with Crippen LogP contribution < -0.4 is 5.32 Å². The summed E-state index contributed by atoms with van der Waals surface area (Å²) in [6, 6.07) is 7.63. The Morgan fingerprint density at radius 3 is 2.64 bits per heavy atom. The van der Waals surface area contributed by atoms with Gasteiger partial charge in [-0.25, -0.2) is 0 Å². The molecule has 1 saturated carbocycles. The Labute approximate surface area is 134 Å². The quantitative estimate of drug-likeness (QED) is 0.912. The summed E-state index contributed by atoms with van der Waals surface area (Å²) in [6.07, 6.45) is 3.76. The molecule has 1 aliphatic rings. The smallest absolute Gasteiger partial charge is 0.235 e. The number of halogens is 1. The average Bonchev–Trinajstić information content (AvgIpc) is 3.10. The van der Waals surface area contributed by atoms with Crippen molar-refractivity contribution < 1.29 is 9.32 Å². The molecular weight excluding hydrogens is 300 g/mol. The first-order valence-corrected chi connectivity index (χ1v) is 7.91. The van der Waals surface area contributed by atoms with Gasteiger partial charge in [-0.05, 0) is 44.4 Å². The number of rotatable bonds is 3. The van der Waals surface area contributed by atoms with Crippen LogP contribution in [0.1, 0.15) is 42.7 Å². The van der Waals surface area contributed by atoms with Crippen LogP contribution in [0.4, 0.5) is 5.69 Å². The van der Waals surface area contributed by atoms with Crippen molar-refractivity contribution in [3.05, 3.63) is 46.3 Å². The molecule has 3 rings (SSSR count). The third-order valence-corrected chi connectivity index (χ3v) is 4.78. The van der Waals surface area contributed by atoms with Crippen molar-refractivity contribution in [2.75, 3.05) is 5.32 Å². The number of amides is 1. The van der Waals surface area contributed by atoms with Gasteiger partial charge in [-0.1, -0.05) is 41.7 Å². The molecule has 4 nitrogen and oxygen atoms in total. The number of carbonyl (C=O) groups is 1. The van der Waals surface area contributed by atoms with Crippen LogP contribution >= 0.6 is 11.6 Å². The van der Waals surface area contributed by atoms with Crippen LogP contribution in [-0.4, -0.2) is 11.1 Å². The number of hydrogen-bond donors (Lipinski definition) is 1. The highest BCUT2D eigenvalue weighted by Crippen LogP contribution is 2.43. The van der Waals surface area contributed by atoms with Crippen LogP contribution in [0, 0.1) is 13.8 Å². The molecule has 1 aromatic heterocycles. The number of aryl methyl sites for hydroxylation is 2. The number of carbonyl (C=O) groups excluding carboxylic acids is 1. The molecule has 1 N–H and O–H groups in total. The Balaban J connectivity index is 1.96. The summed E-state index contributed by atoms with van der Waals surface area (Å²) >= 11 is 6.13. The Kier molecular flexibility index (Phi) is 3.96. The van der Waals surface area contributed by atoms with E-state index in [1.54, 1.807) is 6.92 Å². The van der Waals surface area contributed by atoms with Crippen molar-refractivity contribution in [3.8, 4) is 0 Å². The number of anilines is 1. The lowest BCUT2D eigenvalue weighted by Gasteiger charge is -2.28. The van der Waals surface area contributed by atoms with E-state index in [0.29, 0.717) is 22.2 Å². The van der Waals surface area contributed by atoms with Crippen LogP contribution in [0.3, 0.4) is 0 Å². The van der Waals surface area contributed by atoms with E-state index in [4.69, 9.17) is 16.1 Å². The zero-order chi connectivity index (χ0) is 15.7. The standard InChI is InChI=1S/C17H19ClN2O2/c1-11-15(12(2)22-20-11)19-16(21)17(8-3-4-9-17)13-6-5-7-14(18)10-13/h5-7,10H,3-4,8-9H2,1-2H3,(H,19,21). The van der Waals surface area contributed by atoms with E-state index in [2.05, 4.69) is 10.5 Å². The molecule has 1 aliphatic carbocycles. The Bertz CT molecular complexity index is 683. The molecule has 0 atom stereocenters. The maximum Gasteiger partial charge on any atom is 0.235 e. The van der Waals surface area contributed by atoms with E-state index in [1.165, 1.54) is 0 Å². The van der Waals surface area contributed by atoms with Gasteiger partial charge in [0.15, 0.2) is 5.76 Å². The first-order valence-electron chi connectivity index (χ1n) is 7.53. The molecule has 2 aromatic rings. The molecule has 1 amide bonds. The molecule has 1 heterocycles. The number of nitrogens with one attached hydrogen (secondary N) is 1. The highest BCUT2D eigenvalue weighted by Gasteiger charge is 2.43. The fourth-order valence-corrected chi connectivity index (χ4v) is 3.50. The van der Waals surface area contributed by atoms with E-state index in [1.807, 2.05) is 31.2 Å². The predicted molar refractivity (Wildman–Crippen MR) is 86.2 cm³/mol. The minimum absolute atomic E-state index is 0.00154. The molecule has 22 heavy (non-hydrogen) atoms. The van der Waals surface area contributed by atoms with Gasteiger partial charge in [0.25, 0.3) is 0 Å². The van der Waals surface area contributed by atoms with Crippen LogP contribution in [0.2, 0.25) is 5.02 Å². The molecule has 0 spiro atoms. The third kappa shape index (κ3) is 2.52. The van der Waals surface area contributed by atoms with Gasteiger partial charge in [0, 0.05) is 5.02 Å². The summed E-state index contributed by atoms with van der Waals surface area (Å²) in [5.74, 6) is 0.631. The molecule has 5 heteroatoms. The number of nitrogens with zero attached hydrogens (tertiary/aromatic N) is 1. The summed E-state index contributed by atoms with van der Waals surface area (Å²) in [5, 5.41) is 7.58. The summed E-state index contributed by atoms with van der Waals surface area (Å²) in [4.78, 5) is 13.0. The summed E-state index contributed by atoms with van der Waals surface area (Å²) in [6.45, 7) is 3.63. The molecule has 0 radical (unpaired) electrons. The lowest BCUT2D eigenvalue weighted by molar-refractivity contribution is -0.121. The van der Waals surface area contributed by atoms with Gasteiger partial charge in [0.1, 0.15) is 11.4 Å². The van der Waals surface area contributed by atoms with Crippen molar-refractivity contribution in [2.24, 2.45) is 0 Å². The van der Waals surface area contributed by atoms with E-state index >= 15 is 0 Å². The van der Waals surface area contributed by atoms with Gasteiger partial charge in [0.2, 0.25) is 5.91 Å². The normalized spacial score (nSPS) is 16.7. The van der Waals surface area contributed by atoms with Gasteiger partial charge in [-0.15, -0.1) is 0 Å². The maximum atomic E-state index is 13.0. The molecule has 1 aromatic carbocycles. The van der Waals surface area contributed by atoms with E-state index < -0.39 is 5.41 Å². The Morgan fingerprint density at radius 2 is 2.05 bits per heavy atom. The van der Waals surface area contributed by atoms with Crippen LogP contribution in [0.25, 0.3) is 0 Å². The van der Waals surface area contributed by atoms with Crippen molar-refractivity contribution >= 4 is 23.2 Å². The topological polar surface area (TPSA) is 55.1 Å². The molecule has 116 valence electrons. The molecule has 0 saturated heterocycles. The third-order valence-electron chi connectivity index (χ3n) is 4.54. The van der Waals surface area contributed by atoms with Gasteiger partial charge >= 0.3 is 0 Å². The van der Waals surface area contributed by atoms with E-state index in [9.17, 15) is 4.79 Å². The van der Waals surface area contributed by atoms with Gasteiger partial charge in [-0.2, -0.15) is 0 Å². The fourth-order valence-electron chi connectivity index (χ4n) is 3.31. The summed E-state index contributed by atoms with van der Waals surface area (Å²) in [5.41, 5.74) is 1.85. The van der Waals surface area contributed by atoms with Crippen molar-refractivity contribution in [1.29, 1.82) is 0 Å². The second kappa shape index (κ2) is 5.76. The van der Waals surface area contributed by atoms with Crippen molar-refractivity contribution in [2.45, 2.75) is 44.9 Å². The molecule has 0 bridgehead atoms. The highest BCUT2D eigenvalue weighted by molar-refractivity contribution is 6.30. The zero-order valence-electron chi connectivity index (χ0n) is 12.8. The maximum absolute atomic E-state index is 13.0. The van der Waals surface area contributed by atoms with E-state index in [-0.39, 0.29) is 5.91 Å². The molecule has 0 aliphatic heterocycles. The van der Waals surface area contributed by atoms with Crippen LogP contribution in [-0.2, 0) is 10.2 Å². The second-order valence-electron chi connectivity index (χ2n) is 5.95. The molecular formula is C17H19ClN2O2. The lowest BCUT2D eigenvalue weighted by Crippen LogP contribution is -2.38. The predicted octanol–water partition coefficient (Wildman–Crippen LogP) is 4.40. The second-order valence-corrected chi connectivity index (χ2v) is 6.39. The number of aromatic nitrogens is 1. The monoisotopic (exact) mass is 318 g/mol. The summed E-state index contributed by atoms with van der Waals surface area (Å²) in [7, 11) is 0. The lowest BCUT2D eigenvalue weighted by atomic mass is 9.78. The van der Waals surface area contributed by atoms with Crippen molar-refractivity contribution in [3.63, 3.8) is 0 Å². The summed E-state index contributed by atoms with van der Waals surface area (Å²) < 4.78 is 5.13. The molecule has 0 unspecified atom stereocenters. The zero-order valence-corrected chi connectivity index (χ0v) is 13.5. The SMILES string of the molecule is Cc1noc(C)c1NC(=O)C1(c2cccc(Cl)c2)CCCC1. The van der Waals surface area contributed by atoms with Gasteiger partial charge < -0.3 is 9.84 Å². The largest absolute Gasteiger partial charge is 0.359 e. The van der Waals surface area contributed by atoms with Crippen LogP contribution in [0.5, 0.6) is 0 Å². The number of hydrogen-bond acceptors (Lipinski definition) is 3. The van der Waals surface area contributed by atoms with Crippen LogP contribution in [0.15, 0.2) is 28.8 Å². The highest BCUT2D eigenvalue weighted by atomic mass is 35.5. The minimum Gasteiger partial charge on any atom is -0.359 e. The molecule has 1 fully saturated rings. The Hall–Kier alpha value is -1.81. The fraction of sp³-hybridized carbons (Fsp3) is 0.412. The van der Waals surface area contributed by atoms with E-state index in [0.717, 1.165) is 31.2 Å². The van der Waals surface area contributed by atoms with Gasteiger partial charge in [0.05, 0.1) is 5.41 Å². The average molecular weight is 319 g/mol.